The van der Waals surface area contributed by atoms with Gasteiger partial charge in [0.15, 0.2) is 5.78 Å². The highest BCUT2D eigenvalue weighted by Crippen LogP contribution is 2.19. The number of para-hydroxylation sites is 1. The Labute approximate surface area is 108 Å². The van der Waals surface area contributed by atoms with E-state index >= 15 is 0 Å². The highest BCUT2D eigenvalue weighted by molar-refractivity contribution is 5.98. The number of aliphatic hydroxyl groups is 1. The summed E-state index contributed by atoms with van der Waals surface area (Å²) < 4.78 is 10.6. The topological polar surface area (TPSA) is 55.8 Å². The number of Topliss-reactive ketones (excluding diaryl/α,β-unsaturated/α-hetero) is 1. The van der Waals surface area contributed by atoms with Crippen LogP contribution in [0.25, 0.3) is 0 Å². The fraction of sp³-hybridized carbons (Fsp3) is 0.500. The summed E-state index contributed by atoms with van der Waals surface area (Å²) in [5.74, 6) is 0.546. The van der Waals surface area contributed by atoms with Crippen molar-refractivity contribution in [3.8, 4) is 5.75 Å². The number of carbonyl (C=O) groups is 1. The lowest BCUT2D eigenvalue weighted by Crippen LogP contribution is -2.23. The van der Waals surface area contributed by atoms with Gasteiger partial charge >= 0.3 is 0 Å². The minimum atomic E-state index is -0.685. The lowest BCUT2D eigenvalue weighted by Gasteiger charge is -2.14. The largest absolute Gasteiger partial charge is 0.490 e. The number of ketones is 1. The zero-order valence-electron chi connectivity index (χ0n) is 10.9. The maximum absolute atomic E-state index is 11.7. The normalized spacial score (nSPS) is 12.2. The Morgan fingerprint density at radius 3 is 2.67 bits per heavy atom. The molecule has 100 valence electrons. The third-order valence-electron chi connectivity index (χ3n) is 2.45. The quantitative estimate of drug-likeness (QED) is 0.719. The third kappa shape index (κ3) is 4.47. The Morgan fingerprint density at radius 2 is 2.00 bits per heavy atom. The number of aliphatic hydroxyl groups excluding tert-OH is 1. The first kappa shape index (κ1) is 14.7. The van der Waals surface area contributed by atoms with Crippen molar-refractivity contribution in [3.05, 3.63) is 29.8 Å². The molecular weight excluding hydrogens is 232 g/mol. The van der Waals surface area contributed by atoms with Crippen LogP contribution in [0.15, 0.2) is 24.3 Å². The monoisotopic (exact) mass is 252 g/mol. The molecule has 0 aliphatic carbocycles. The van der Waals surface area contributed by atoms with E-state index in [0.717, 1.165) is 0 Å². The molecular formula is C14H20O4. The van der Waals surface area contributed by atoms with Gasteiger partial charge in [-0.2, -0.15) is 0 Å². The molecule has 0 aliphatic heterocycles. The lowest BCUT2D eigenvalue weighted by atomic mass is 10.1. The van der Waals surface area contributed by atoms with Crippen LogP contribution in [0.3, 0.4) is 0 Å². The van der Waals surface area contributed by atoms with Crippen molar-refractivity contribution in [3.63, 3.8) is 0 Å². The van der Waals surface area contributed by atoms with Crippen LogP contribution in [0.1, 0.15) is 30.6 Å². The van der Waals surface area contributed by atoms with Crippen LogP contribution in [0.4, 0.5) is 0 Å². The van der Waals surface area contributed by atoms with Crippen molar-refractivity contribution in [1.29, 1.82) is 0 Å². The predicted molar refractivity (Wildman–Crippen MR) is 69.1 cm³/mol. The second kappa shape index (κ2) is 7.84. The molecule has 0 bridgehead atoms. The highest BCUT2D eigenvalue weighted by atomic mass is 16.5. The van der Waals surface area contributed by atoms with Gasteiger partial charge in [0.05, 0.1) is 12.2 Å². The number of rotatable bonds is 8. The molecule has 0 fully saturated rings. The van der Waals surface area contributed by atoms with Crippen LogP contribution in [0, 0.1) is 0 Å². The Balaban J connectivity index is 2.59. The van der Waals surface area contributed by atoms with Crippen molar-refractivity contribution in [2.24, 2.45) is 0 Å². The molecule has 4 nitrogen and oxygen atoms in total. The third-order valence-corrected chi connectivity index (χ3v) is 2.45. The molecule has 0 spiro atoms. The van der Waals surface area contributed by atoms with Gasteiger partial charge in [-0.3, -0.25) is 4.79 Å². The van der Waals surface area contributed by atoms with Crippen molar-refractivity contribution < 1.29 is 19.4 Å². The smallest absolute Gasteiger partial charge is 0.166 e. The summed E-state index contributed by atoms with van der Waals surface area (Å²) in [6, 6.07) is 7.06. The fourth-order valence-corrected chi connectivity index (χ4v) is 1.50. The molecule has 1 unspecified atom stereocenters. The molecule has 1 aromatic carbocycles. The van der Waals surface area contributed by atoms with E-state index in [0.29, 0.717) is 24.3 Å². The molecule has 1 aromatic rings. The molecule has 1 rings (SSSR count). The van der Waals surface area contributed by atoms with E-state index in [1.807, 2.05) is 13.8 Å². The van der Waals surface area contributed by atoms with Crippen LogP contribution < -0.4 is 4.74 Å². The maximum atomic E-state index is 11.7. The van der Waals surface area contributed by atoms with Gasteiger partial charge in [-0.1, -0.05) is 19.1 Å². The van der Waals surface area contributed by atoms with Gasteiger partial charge in [0.25, 0.3) is 0 Å². The van der Waals surface area contributed by atoms with E-state index < -0.39 is 6.10 Å². The van der Waals surface area contributed by atoms with Gasteiger partial charge in [-0.25, -0.2) is 0 Å². The number of hydrogen-bond acceptors (Lipinski definition) is 4. The minimum Gasteiger partial charge on any atom is -0.490 e. The molecule has 0 radical (unpaired) electrons. The fourth-order valence-electron chi connectivity index (χ4n) is 1.50. The number of carbonyl (C=O) groups excluding carboxylic acids is 1. The summed E-state index contributed by atoms with van der Waals surface area (Å²) in [6.45, 7) is 4.59. The average Bonchev–Trinajstić information content (AvgIpc) is 2.42. The molecule has 4 heteroatoms. The summed E-state index contributed by atoms with van der Waals surface area (Å²) in [5.41, 5.74) is 0.559. The minimum absolute atomic E-state index is 0.0323. The van der Waals surface area contributed by atoms with Crippen molar-refractivity contribution in [2.45, 2.75) is 26.4 Å². The van der Waals surface area contributed by atoms with Gasteiger partial charge in [-0.05, 0) is 19.1 Å². The Bertz CT molecular complexity index is 376. The van der Waals surface area contributed by atoms with Gasteiger partial charge in [0.1, 0.15) is 18.5 Å². The second-order valence-corrected chi connectivity index (χ2v) is 3.90. The molecule has 0 saturated heterocycles. The first-order valence-electron chi connectivity index (χ1n) is 6.19. The maximum Gasteiger partial charge on any atom is 0.166 e. The molecule has 0 heterocycles. The van der Waals surface area contributed by atoms with E-state index in [2.05, 4.69) is 0 Å². The summed E-state index contributed by atoms with van der Waals surface area (Å²) in [4.78, 5) is 11.7. The van der Waals surface area contributed by atoms with Gasteiger partial charge < -0.3 is 14.6 Å². The zero-order valence-corrected chi connectivity index (χ0v) is 10.9. The van der Waals surface area contributed by atoms with E-state index in [1.165, 1.54) is 0 Å². The van der Waals surface area contributed by atoms with Gasteiger partial charge in [0.2, 0.25) is 0 Å². The van der Waals surface area contributed by atoms with Crippen LogP contribution in [0.2, 0.25) is 0 Å². The van der Waals surface area contributed by atoms with Crippen molar-refractivity contribution in [1.82, 2.24) is 0 Å². The van der Waals surface area contributed by atoms with Crippen LogP contribution in [-0.2, 0) is 4.74 Å². The number of ether oxygens (including phenoxy) is 2. The lowest BCUT2D eigenvalue weighted by molar-refractivity contribution is 0.0163. The second-order valence-electron chi connectivity index (χ2n) is 3.90. The number of hydrogen-bond donors (Lipinski definition) is 1. The van der Waals surface area contributed by atoms with Crippen LogP contribution in [0.5, 0.6) is 5.75 Å². The van der Waals surface area contributed by atoms with Crippen LogP contribution >= 0.6 is 0 Å². The predicted octanol–water partition coefficient (Wildman–Crippen LogP) is 2.06. The zero-order chi connectivity index (χ0) is 13.4. The van der Waals surface area contributed by atoms with Crippen LogP contribution in [-0.4, -0.2) is 36.8 Å². The molecule has 1 N–H and O–H groups in total. The van der Waals surface area contributed by atoms with Crippen molar-refractivity contribution >= 4 is 5.78 Å². The molecule has 0 aliphatic rings. The molecule has 18 heavy (non-hydrogen) atoms. The average molecular weight is 252 g/mol. The first-order chi connectivity index (χ1) is 8.69. The Morgan fingerprint density at radius 1 is 1.28 bits per heavy atom. The van der Waals surface area contributed by atoms with E-state index in [1.54, 1.807) is 24.3 Å². The van der Waals surface area contributed by atoms with Gasteiger partial charge in [0, 0.05) is 13.0 Å². The van der Waals surface area contributed by atoms with Gasteiger partial charge in [-0.15, -0.1) is 0 Å². The molecule has 0 aromatic heterocycles. The molecule has 0 saturated carbocycles. The molecule has 1 atom stereocenters. The van der Waals surface area contributed by atoms with E-state index in [-0.39, 0.29) is 19.0 Å². The summed E-state index contributed by atoms with van der Waals surface area (Å²) in [6.07, 6.45) is -0.253. The first-order valence-corrected chi connectivity index (χ1v) is 6.19. The summed E-state index contributed by atoms with van der Waals surface area (Å²) >= 11 is 0. The molecule has 0 amide bonds. The highest BCUT2D eigenvalue weighted by Gasteiger charge is 2.11. The SMILES string of the molecule is CCOCC(O)COc1ccccc1C(=O)CC. The summed E-state index contributed by atoms with van der Waals surface area (Å²) in [7, 11) is 0. The number of benzene rings is 1. The van der Waals surface area contributed by atoms with E-state index in [9.17, 15) is 9.90 Å². The standard InChI is InChI=1S/C14H20O4/c1-3-13(16)12-7-5-6-8-14(12)18-10-11(15)9-17-4-2/h5-8,11,15H,3-4,9-10H2,1-2H3. The Hall–Kier alpha value is -1.39. The Kier molecular flexibility index (Phi) is 6.39. The van der Waals surface area contributed by atoms with Crippen molar-refractivity contribution in [2.75, 3.05) is 19.8 Å². The van der Waals surface area contributed by atoms with E-state index in [4.69, 9.17) is 9.47 Å². The summed E-state index contributed by atoms with van der Waals surface area (Å²) in [5, 5.41) is 9.59.